The van der Waals surface area contributed by atoms with Gasteiger partial charge in [0.25, 0.3) is 5.78 Å². The molecule has 3 aromatic rings. The summed E-state index contributed by atoms with van der Waals surface area (Å²) in [4.78, 5) is 15.6. The van der Waals surface area contributed by atoms with Crippen LogP contribution >= 0.6 is 0 Å². The minimum absolute atomic E-state index is 0.363. The van der Waals surface area contributed by atoms with Gasteiger partial charge in [0.05, 0.1) is 0 Å². The predicted octanol–water partition coefficient (Wildman–Crippen LogP) is 3.20. The van der Waals surface area contributed by atoms with Gasteiger partial charge in [-0.05, 0) is 36.4 Å². The van der Waals surface area contributed by atoms with Crippen LogP contribution in [0.2, 0.25) is 0 Å². The first-order valence-electron chi connectivity index (χ1n) is 5.68. The quantitative estimate of drug-likeness (QED) is 0.516. The monoisotopic (exact) mass is 248 g/mol. The van der Waals surface area contributed by atoms with E-state index in [0.717, 1.165) is 16.7 Å². The third kappa shape index (κ3) is 1.98. The zero-order valence-electron chi connectivity index (χ0n) is 9.83. The maximum absolute atomic E-state index is 11.2. The lowest BCUT2D eigenvalue weighted by Crippen LogP contribution is -1.93. The summed E-state index contributed by atoms with van der Waals surface area (Å²) in [6.07, 6.45) is 0. The van der Waals surface area contributed by atoms with Crippen molar-refractivity contribution in [1.29, 1.82) is 5.26 Å². The Morgan fingerprint density at radius 2 is 1.84 bits per heavy atom. The number of aromatic nitrogens is 1. The second-order valence-electron chi connectivity index (χ2n) is 4.01. The first-order chi connectivity index (χ1) is 9.28. The van der Waals surface area contributed by atoms with Crippen molar-refractivity contribution in [2.24, 2.45) is 0 Å². The van der Waals surface area contributed by atoms with Gasteiger partial charge in [0.1, 0.15) is 11.6 Å². The van der Waals surface area contributed by atoms with Gasteiger partial charge in [0, 0.05) is 11.1 Å². The lowest BCUT2D eigenvalue weighted by Gasteiger charge is -1.96. The lowest BCUT2D eigenvalue weighted by atomic mass is 10.1. The van der Waals surface area contributed by atoms with Gasteiger partial charge in [0.15, 0.2) is 5.58 Å². The van der Waals surface area contributed by atoms with Crippen LogP contribution in [-0.2, 0) is 0 Å². The molecular formula is C15H8N2O2. The van der Waals surface area contributed by atoms with E-state index in [9.17, 15) is 4.79 Å². The van der Waals surface area contributed by atoms with Crippen molar-refractivity contribution in [3.8, 4) is 17.5 Å². The van der Waals surface area contributed by atoms with E-state index in [1.165, 1.54) is 0 Å². The minimum Gasteiger partial charge on any atom is -0.436 e. The second kappa shape index (κ2) is 4.39. The fourth-order valence-corrected chi connectivity index (χ4v) is 1.82. The largest absolute Gasteiger partial charge is 0.436 e. The summed E-state index contributed by atoms with van der Waals surface area (Å²) in [6.45, 7) is 0. The number of Topliss-reactive ketones (excluding diaryl/α,β-unsaturated/α-hetero) is 1. The van der Waals surface area contributed by atoms with E-state index in [-0.39, 0.29) is 0 Å². The van der Waals surface area contributed by atoms with Gasteiger partial charge in [-0.1, -0.05) is 12.1 Å². The molecular weight excluding hydrogens is 240 g/mol. The zero-order valence-corrected chi connectivity index (χ0v) is 9.83. The molecule has 0 amide bonds. The summed E-state index contributed by atoms with van der Waals surface area (Å²) in [5.41, 5.74) is 2.64. The molecule has 3 rings (SSSR count). The number of benzene rings is 2. The molecule has 90 valence electrons. The van der Waals surface area contributed by atoms with Crippen molar-refractivity contribution in [2.45, 2.75) is 0 Å². The Balaban J connectivity index is 2.02. The topological polar surface area (TPSA) is 66.9 Å². The van der Waals surface area contributed by atoms with Gasteiger partial charge in [-0.25, -0.2) is 4.98 Å². The number of para-hydroxylation sites is 2. The number of fused-ring (bicyclic) bond motifs is 1. The molecule has 0 atom stereocenters. The molecule has 0 aliphatic heterocycles. The molecule has 0 N–H and O–H groups in total. The number of hydrogen-bond donors (Lipinski definition) is 0. The van der Waals surface area contributed by atoms with Gasteiger partial charge in [-0.15, -0.1) is 0 Å². The van der Waals surface area contributed by atoms with Gasteiger partial charge >= 0.3 is 0 Å². The Morgan fingerprint density at radius 1 is 1.11 bits per heavy atom. The summed E-state index contributed by atoms with van der Waals surface area (Å²) in [5.74, 6) is -0.0544. The zero-order chi connectivity index (χ0) is 13.2. The molecule has 1 heterocycles. The second-order valence-corrected chi connectivity index (χ2v) is 4.01. The first-order valence-corrected chi connectivity index (χ1v) is 5.68. The number of rotatable bonds is 2. The summed E-state index contributed by atoms with van der Waals surface area (Å²) in [5, 5.41) is 8.54. The van der Waals surface area contributed by atoms with Crippen LogP contribution in [0.1, 0.15) is 10.4 Å². The predicted molar refractivity (Wildman–Crippen MR) is 69.4 cm³/mol. The summed E-state index contributed by atoms with van der Waals surface area (Å²) in [6, 6.07) is 15.7. The molecule has 0 aliphatic carbocycles. The number of carbonyl (C=O) groups excluding carboxylic acids is 1. The Kier molecular flexibility index (Phi) is 2.58. The number of hydrogen-bond acceptors (Lipinski definition) is 4. The van der Waals surface area contributed by atoms with Crippen LogP contribution in [-0.4, -0.2) is 10.8 Å². The van der Waals surface area contributed by atoms with E-state index in [4.69, 9.17) is 9.68 Å². The maximum atomic E-state index is 11.2. The van der Waals surface area contributed by atoms with Crippen LogP contribution in [0.15, 0.2) is 52.9 Å². The fraction of sp³-hybridized carbons (Fsp3) is 0. The molecule has 0 spiro atoms. The standard InChI is InChI=1S/C15H8N2O2/c16-9-13(18)10-5-7-11(8-6-10)15-17-12-3-1-2-4-14(12)19-15/h1-8H. The van der Waals surface area contributed by atoms with Crippen LogP contribution in [0, 0.1) is 11.3 Å². The Morgan fingerprint density at radius 3 is 2.53 bits per heavy atom. The molecule has 0 radical (unpaired) electrons. The van der Waals surface area contributed by atoms with Crippen molar-refractivity contribution in [3.05, 3.63) is 54.1 Å². The van der Waals surface area contributed by atoms with Gasteiger partial charge < -0.3 is 4.42 Å². The van der Waals surface area contributed by atoms with Gasteiger partial charge in [-0.2, -0.15) is 5.26 Å². The Hall–Kier alpha value is -2.93. The number of oxazole rings is 1. The van der Waals surface area contributed by atoms with Crippen LogP contribution in [0.25, 0.3) is 22.6 Å². The van der Waals surface area contributed by atoms with E-state index >= 15 is 0 Å². The smallest absolute Gasteiger partial charge is 0.262 e. The SMILES string of the molecule is N#CC(=O)c1ccc(-c2nc3ccccc3o2)cc1. The molecule has 0 saturated carbocycles. The molecule has 0 fully saturated rings. The molecule has 2 aromatic carbocycles. The highest BCUT2D eigenvalue weighted by molar-refractivity contribution is 6.07. The molecule has 4 nitrogen and oxygen atoms in total. The molecule has 1 aromatic heterocycles. The van der Waals surface area contributed by atoms with E-state index in [1.54, 1.807) is 30.3 Å². The van der Waals surface area contributed by atoms with Crippen LogP contribution in [0.5, 0.6) is 0 Å². The summed E-state index contributed by atoms with van der Waals surface area (Å²) in [7, 11) is 0. The molecule has 0 saturated heterocycles. The van der Waals surface area contributed by atoms with E-state index in [1.807, 2.05) is 24.3 Å². The number of carbonyl (C=O) groups is 1. The molecule has 19 heavy (non-hydrogen) atoms. The third-order valence-electron chi connectivity index (χ3n) is 2.79. The van der Waals surface area contributed by atoms with Crippen LogP contribution in [0.4, 0.5) is 0 Å². The van der Waals surface area contributed by atoms with Crippen molar-refractivity contribution in [1.82, 2.24) is 4.98 Å². The normalized spacial score (nSPS) is 10.3. The molecule has 0 aliphatic rings. The Labute approximate surface area is 108 Å². The highest BCUT2D eigenvalue weighted by Crippen LogP contribution is 2.24. The van der Waals surface area contributed by atoms with Gasteiger partial charge in [-0.3, -0.25) is 4.79 Å². The minimum atomic E-state index is -0.552. The van der Waals surface area contributed by atoms with Crippen molar-refractivity contribution in [2.75, 3.05) is 0 Å². The molecule has 0 unspecified atom stereocenters. The molecule has 4 heteroatoms. The number of ketones is 1. The third-order valence-corrected chi connectivity index (χ3v) is 2.79. The van der Waals surface area contributed by atoms with Crippen molar-refractivity contribution < 1.29 is 9.21 Å². The summed E-state index contributed by atoms with van der Waals surface area (Å²) < 4.78 is 5.62. The molecule has 0 bridgehead atoms. The highest BCUT2D eigenvalue weighted by Gasteiger charge is 2.09. The average molecular weight is 248 g/mol. The van der Waals surface area contributed by atoms with Crippen molar-refractivity contribution in [3.63, 3.8) is 0 Å². The lowest BCUT2D eigenvalue weighted by molar-refractivity contribution is 0.105. The fourth-order valence-electron chi connectivity index (χ4n) is 1.82. The number of nitriles is 1. The summed E-state index contributed by atoms with van der Waals surface area (Å²) >= 11 is 0. The first kappa shape index (κ1) is 11.2. The van der Waals surface area contributed by atoms with Crippen LogP contribution < -0.4 is 0 Å². The van der Waals surface area contributed by atoms with E-state index in [0.29, 0.717) is 11.5 Å². The van der Waals surface area contributed by atoms with Gasteiger partial charge in [0.2, 0.25) is 5.89 Å². The van der Waals surface area contributed by atoms with E-state index < -0.39 is 5.78 Å². The van der Waals surface area contributed by atoms with E-state index in [2.05, 4.69) is 4.98 Å². The number of nitrogens with zero attached hydrogens (tertiary/aromatic N) is 2. The Bertz CT molecular complexity index is 762. The highest BCUT2D eigenvalue weighted by atomic mass is 16.3. The van der Waals surface area contributed by atoms with Crippen molar-refractivity contribution >= 4 is 16.9 Å². The average Bonchev–Trinajstić information content (AvgIpc) is 2.90. The van der Waals surface area contributed by atoms with Crippen LogP contribution in [0.3, 0.4) is 0 Å². The maximum Gasteiger partial charge on any atom is 0.262 e.